The van der Waals surface area contributed by atoms with Crippen LogP contribution in [0.2, 0.25) is 0 Å². The first-order valence-electron chi connectivity index (χ1n) is 33.7. The van der Waals surface area contributed by atoms with Crippen molar-refractivity contribution in [2.45, 2.75) is 13.8 Å². The minimum absolute atomic E-state index is 0.841. The molecule has 6 heteroatoms. The average molecular weight is 1250 g/mol. The summed E-state index contributed by atoms with van der Waals surface area (Å²) in [5.41, 5.74) is 28.1. The van der Waals surface area contributed by atoms with Crippen LogP contribution in [-0.4, -0.2) is 8.80 Å². The molecule has 0 aliphatic carbocycles. The lowest BCUT2D eigenvalue weighted by molar-refractivity contribution is 0.668. The highest BCUT2D eigenvalue weighted by atomic mass is 16.3. The molecule has 0 radical (unpaired) electrons. The number of nitrogens with zero attached hydrogens (tertiary/aromatic N) is 4. The van der Waals surface area contributed by atoms with Crippen LogP contribution in [0.25, 0.3) is 165 Å². The second-order valence-electron chi connectivity index (χ2n) is 26.3. The number of aryl methyl sites for hydroxylation is 2. The molecule has 6 aromatic heterocycles. The molecule has 0 spiro atoms. The molecule has 0 amide bonds. The van der Waals surface area contributed by atoms with Gasteiger partial charge >= 0.3 is 0 Å². The minimum atomic E-state index is 0.841. The van der Waals surface area contributed by atoms with Crippen LogP contribution in [0.1, 0.15) is 11.1 Å². The summed E-state index contributed by atoms with van der Waals surface area (Å²) < 4.78 is 19.3. The van der Waals surface area contributed by atoms with Gasteiger partial charge in [-0.05, 0) is 119 Å². The Bertz CT molecular complexity index is 6410. The van der Waals surface area contributed by atoms with Crippen LogP contribution in [-0.2, 0) is 0 Å². The molecule has 0 fully saturated rings. The van der Waals surface area contributed by atoms with Crippen LogP contribution in [0.15, 0.2) is 324 Å². The van der Waals surface area contributed by atoms with E-state index in [9.17, 15) is 0 Å². The molecule has 458 valence electrons. The molecule has 6 heterocycles. The lowest BCUT2D eigenvalue weighted by atomic mass is 9.89. The molecule has 0 N–H and O–H groups in total. The molecular formula is C92H58N4O2. The van der Waals surface area contributed by atoms with Gasteiger partial charge in [-0.3, -0.25) is 0 Å². The zero-order valence-electron chi connectivity index (χ0n) is 53.6. The molecule has 0 unspecified atom stereocenters. The number of aromatic nitrogens is 2. The predicted octanol–water partition coefficient (Wildman–Crippen LogP) is 26.0. The van der Waals surface area contributed by atoms with Crippen LogP contribution in [0, 0.1) is 13.8 Å². The molecule has 0 bridgehead atoms. The van der Waals surface area contributed by atoms with E-state index in [1.54, 1.807) is 0 Å². The van der Waals surface area contributed by atoms with Gasteiger partial charge in [0.15, 0.2) is 11.2 Å². The van der Waals surface area contributed by atoms with Gasteiger partial charge < -0.3 is 27.4 Å². The summed E-state index contributed by atoms with van der Waals surface area (Å²) in [4.78, 5) is 4.97. The fourth-order valence-electron chi connectivity index (χ4n) is 16.8. The van der Waals surface area contributed by atoms with E-state index in [-0.39, 0.29) is 0 Å². The molecule has 0 saturated carbocycles. The first-order chi connectivity index (χ1) is 48.5. The van der Waals surface area contributed by atoms with Gasteiger partial charge in [0.2, 0.25) is 0 Å². The molecule has 6 nitrogen and oxygen atoms in total. The molecule has 0 aliphatic heterocycles. The number of anilines is 6. The lowest BCUT2D eigenvalue weighted by Crippen LogP contribution is -2.12. The highest BCUT2D eigenvalue weighted by molar-refractivity contribution is 6.39. The summed E-state index contributed by atoms with van der Waals surface area (Å²) in [5.74, 6) is 0. The predicted molar refractivity (Wildman–Crippen MR) is 411 cm³/mol. The van der Waals surface area contributed by atoms with Crippen LogP contribution in [0.4, 0.5) is 34.1 Å². The monoisotopic (exact) mass is 1250 g/mol. The van der Waals surface area contributed by atoms with Crippen LogP contribution in [0.5, 0.6) is 0 Å². The number of furan rings is 2. The number of para-hydroxylation sites is 6. The summed E-state index contributed by atoms with van der Waals surface area (Å²) in [5, 5.41) is 13.8. The second-order valence-corrected chi connectivity index (χ2v) is 26.3. The third kappa shape index (κ3) is 7.62. The molecule has 0 saturated heterocycles. The van der Waals surface area contributed by atoms with Crippen LogP contribution in [0.3, 0.4) is 0 Å². The quantitative estimate of drug-likeness (QED) is 0.137. The number of hydrogen-bond donors (Lipinski definition) is 0. The number of rotatable bonds is 10. The third-order valence-corrected chi connectivity index (χ3v) is 21.0. The fraction of sp³-hybridized carbons (Fsp3) is 0.0217. The van der Waals surface area contributed by atoms with Gasteiger partial charge in [-0.2, -0.15) is 0 Å². The third-order valence-electron chi connectivity index (χ3n) is 21.0. The van der Waals surface area contributed by atoms with E-state index in [4.69, 9.17) is 8.83 Å². The maximum absolute atomic E-state index is 7.03. The Morgan fingerprint density at radius 2 is 0.561 bits per heavy atom. The Balaban J connectivity index is 0.898. The van der Waals surface area contributed by atoms with E-state index in [0.717, 1.165) is 144 Å². The van der Waals surface area contributed by atoms with E-state index in [2.05, 4.69) is 348 Å². The van der Waals surface area contributed by atoms with Crippen molar-refractivity contribution in [1.82, 2.24) is 8.80 Å². The Morgan fingerprint density at radius 3 is 0.980 bits per heavy atom. The second kappa shape index (κ2) is 20.8. The Morgan fingerprint density at radius 1 is 0.235 bits per heavy atom. The highest BCUT2D eigenvalue weighted by Gasteiger charge is 2.34. The zero-order valence-corrected chi connectivity index (χ0v) is 53.6. The van der Waals surface area contributed by atoms with Crippen molar-refractivity contribution in [2.75, 3.05) is 9.80 Å². The van der Waals surface area contributed by atoms with Gasteiger partial charge in [-0.15, -0.1) is 0 Å². The number of benzene rings is 15. The van der Waals surface area contributed by atoms with E-state index < -0.39 is 0 Å². The van der Waals surface area contributed by atoms with E-state index in [1.807, 2.05) is 0 Å². The maximum Gasteiger partial charge on any atom is 0.159 e. The molecule has 15 aromatic carbocycles. The zero-order chi connectivity index (χ0) is 64.4. The van der Waals surface area contributed by atoms with Crippen LogP contribution < -0.4 is 9.80 Å². The number of fused-ring (bicyclic) bond motifs is 18. The minimum Gasteiger partial charge on any atom is -0.454 e. The summed E-state index contributed by atoms with van der Waals surface area (Å²) >= 11 is 0. The molecule has 21 aromatic rings. The van der Waals surface area contributed by atoms with Crippen molar-refractivity contribution in [3.63, 3.8) is 0 Å². The summed E-state index contributed by atoms with van der Waals surface area (Å²) in [7, 11) is 0. The van der Waals surface area contributed by atoms with E-state index >= 15 is 0 Å². The molecule has 21 rings (SSSR count). The van der Waals surface area contributed by atoms with Gasteiger partial charge in [-0.25, -0.2) is 0 Å². The first-order valence-corrected chi connectivity index (χ1v) is 33.7. The summed E-state index contributed by atoms with van der Waals surface area (Å²) in [6, 6.07) is 116. The lowest BCUT2D eigenvalue weighted by Gasteiger charge is -2.28. The first kappa shape index (κ1) is 54.5. The average Bonchev–Trinajstić information content (AvgIpc) is 1.49. The van der Waals surface area contributed by atoms with E-state index in [0.29, 0.717) is 0 Å². The normalized spacial score (nSPS) is 12.2. The standard InChI is InChI=1S/C92H58N4O2/c1-55-49-51-61(57-25-7-3-8-26-57)53-77(55)93(75-45-21-35-65-63-33-15-17-47-79(63)97-91(65)75)71-41-23-43-73-83(71)67-37-19-39-69-85-82(60-31-13-6-14-32-60)90-86(81(59-29-11-5-12-30-59)89(85)95(73)87(67)69)70-40-20-38-68-84-72(42-24-44-74(84)96(90)88(68)70)94(78-54-62(52-50-56(78)2)58-27-9-4-10-28-58)76-46-22-36-66-64-34-16-18-48-80(64)98-92(66)76/h3-54H,1-2H3. The van der Waals surface area contributed by atoms with Gasteiger partial charge in [0, 0.05) is 87.1 Å². The van der Waals surface area contributed by atoms with Gasteiger partial charge in [-0.1, -0.05) is 255 Å². The fourth-order valence-corrected chi connectivity index (χ4v) is 16.8. The van der Waals surface area contributed by atoms with Gasteiger partial charge in [0.1, 0.15) is 11.2 Å². The summed E-state index contributed by atoms with van der Waals surface area (Å²) in [6.07, 6.45) is 0. The topological polar surface area (TPSA) is 41.6 Å². The highest BCUT2D eigenvalue weighted by Crippen LogP contribution is 2.58. The molecular weight excluding hydrogens is 1190 g/mol. The molecule has 0 atom stereocenters. The van der Waals surface area contributed by atoms with E-state index in [1.165, 1.54) is 65.5 Å². The van der Waals surface area contributed by atoms with Crippen molar-refractivity contribution in [3.05, 3.63) is 327 Å². The van der Waals surface area contributed by atoms with Gasteiger partial charge in [0.05, 0.1) is 55.8 Å². The Kier molecular flexibility index (Phi) is 11.6. The Hall–Kier alpha value is -12.9. The van der Waals surface area contributed by atoms with Crippen molar-refractivity contribution in [3.8, 4) is 44.5 Å². The largest absolute Gasteiger partial charge is 0.454 e. The molecule has 98 heavy (non-hydrogen) atoms. The van der Waals surface area contributed by atoms with Crippen molar-refractivity contribution in [2.24, 2.45) is 0 Å². The van der Waals surface area contributed by atoms with Crippen molar-refractivity contribution < 1.29 is 8.83 Å². The van der Waals surface area contributed by atoms with Crippen LogP contribution >= 0.6 is 0 Å². The summed E-state index contributed by atoms with van der Waals surface area (Å²) in [6.45, 7) is 4.47. The molecule has 0 aliphatic rings. The van der Waals surface area contributed by atoms with Crippen molar-refractivity contribution >= 4 is 154 Å². The Labute approximate surface area is 563 Å². The SMILES string of the molecule is Cc1ccc(-c2ccccc2)cc1N(c1cccc2c1oc1ccccc12)c1cccc2c1c1cccc3c4c(-c5ccccc5)c5c(c(-c6ccccc6)c4n2c13)c1cccc2c3c(N(c4cc(-c6ccccc6)ccc4C)c4cccc6c4oc4ccccc46)cccc3n5c21. The van der Waals surface area contributed by atoms with Gasteiger partial charge in [0.25, 0.3) is 0 Å². The number of hydrogen-bond acceptors (Lipinski definition) is 4. The smallest absolute Gasteiger partial charge is 0.159 e. The maximum atomic E-state index is 7.03. The van der Waals surface area contributed by atoms with Crippen molar-refractivity contribution in [1.29, 1.82) is 0 Å².